The molecule has 1 aliphatic heterocycles. The largest absolute Gasteiger partial charge is 0.343 e. The molecule has 0 aliphatic carbocycles. The Morgan fingerprint density at radius 1 is 1.25 bits per heavy atom. The van der Waals surface area contributed by atoms with Crippen LogP contribution in [0.3, 0.4) is 0 Å². The molecule has 0 saturated carbocycles. The van der Waals surface area contributed by atoms with Gasteiger partial charge in [-0.1, -0.05) is 29.8 Å². The molecule has 0 unspecified atom stereocenters. The Morgan fingerprint density at radius 3 is 2.62 bits per heavy atom. The van der Waals surface area contributed by atoms with Crippen LogP contribution in [0.25, 0.3) is 0 Å². The number of halogens is 1. The lowest BCUT2D eigenvalue weighted by Crippen LogP contribution is -2.27. The van der Waals surface area contributed by atoms with E-state index in [-0.39, 0.29) is 5.91 Å². The van der Waals surface area contributed by atoms with Crippen molar-refractivity contribution in [2.45, 2.75) is 25.7 Å². The highest BCUT2D eigenvalue weighted by atomic mass is 35.5. The van der Waals surface area contributed by atoms with E-state index in [4.69, 9.17) is 11.6 Å². The van der Waals surface area contributed by atoms with Crippen molar-refractivity contribution < 1.29 is 4.79 Å². The van der Waals surface area contributed by atoms with Crippen molar-refractivity contribution in [3.63, 3.8) is 0 Å². The van der Waals surface area contributed by atoms with Gasteiger partial charge < -0.3 is 4.90 Å². The average molecular weight is 238 g/mol. The van der Waals surface area contributed by atoms with Gasteiger partial charge in [-0.2, -0.15) is 0 Å². The molecule has 0 atom stereocenters. The van der Waals surface area contributed by atoms with E-state index in [0.29, 0.717) is 6.42 Å². The fraction of sp³-hybridized carbons (Fsp3) is 0.462. The summed E-state index contributed by atoms with van der Waals surface area (Å²) in [5, 5.41) is 0.761. The molecule has 0 spiro atoms. The van der Waals surface area contributed by atoms with E-state index in [9.17, 15) is 4.79 Å². The number of amides is 1. The van der Waals surface area contributed by atoms with Crippen LogP contribution in [0.5, 0.6) is 0 Å². The smallest absolute Gasteiger partial charge is 0.222 e. The number of hydrogen-bond donors (Lipinski definition) is 0. The first-order valence-electron chi connectivity index (χ1n) is 5.78. The van der Waals surface area contributed by atoms with E-state index < -0.39 is 0 Å². The van der Waals surface area contributed by atoms with Crippen molar-refractivity contribution in [1.82, 2.24) is 4.90 Å². The Kier molecular flexibility index (Phi) is 3.83. The minimum atomic E-state index is 0.261. The van der Waals surface area contributed by atoms with Crippen LogP contribution in [0.2, 0.25) is 5.02 Å². The summed E-state index contributed by atoms with van der Waals surface area (Å²) in [6.45, 7) is 1.86. The highest BCUT2D eigenvalue weighted by molar-refractivity contribution is 6.31. The summed E-state index contributed by atoms with van der Waals surface area (Å²) in [5.41, 5.74) is 1.07. The van der Waals surface area contributed by atoms with Gasteiger partial charge in [0, 0.05) is 24.5 Å². The van der Waals surface area contributed by atoms with Crippen LogP contribution < -0.4 is 0 Å². The molecule has 1 heterocycles. The number of aryl methyl sites for hydroxylation is 1. The molecule has 86 valence electrons. The van der Waals surface area contributed by atoms with Crippen LogP contribution in [0.4, 0.5) is 0 Å². The molecule has 0 radical (unpaired) electrons. The number of likely N-dealkylation sites (tertiary alicyclic amines) is 1. The molecule has 1 fully saturated rings. The summed E-state index contributed by atoms with van der Waals surface area (Å²) in [6, 6.07) is 7.73. The maximum atomic E-state index is 11.8. The summed E-state index contributed by atoms with van der Waals surface area (Å²) >= 11 is 6.04. The van der Waals surface area contributed by atoms with E-state index in [2.05, 4.69) is 0 Å². The summed E-state index contributed by atoms with van der Waals surface area (Å²) in [6.07, 6.45) is 3.62. The second kappa shape index (κ2) is 5.35. The minimum absolute atomic E-state index is 0.261. The molecule has 1 amide bonds. The highest BCUT2D eigenvalue weighted by Gasteiger charge is 2.17. The lowest BCUT2D eigenvalue weighted by molar-refractivity contribution is -0.130. The third kappa shape index (κ3) is 2.76. The van der Waals surface area contributed by atoms with Gasteiger partial charge in [-0.15, -0.1) is 0 Å². The highest BCUT2D eigenvalue weighted by Crippen LogP contribution is 2.17. The molecule has 1 saturated heterocycles. The number of nitrogens with zero attached hydrogens (tertiary/aromatic N) is 1. The molecule has 0 N–H and O–H groups in total. The van der Waals surface area contributed by atoms with Crippen molar-refractivity contribution >= 4 is 17.5 Å². The maximum Gasteiger partial charge on any atom is 0.222 e. The first-order valence-corrected chi connectivity index (χ1v) is 6.16. The van der Waals surface area contributed by atoms with Crippen LogP contribution in [-0.4, -0.2) is 23.9 Å². The van der Waals surface area contributed by atoms with E-state index >= 15 is 0 Å². The van der Waals surface area contributed by atoms with E-state index in [1.165, 1.54) is 0 Å². The minimum Gasteiger partial charge on any atom is -0.343 e. The van der Waals surface area contributed by atoms with Crippen LogP contribution >= 0.6 is 11.6 Å². The van der Waals surface area contributed by atoms with Crippen LogP contribution in [0.1, 0.15) is 24.8 Å². The quantitative estimate of drug-likeness (QED) is 0.792. The summed E-state index contributed by atoms with van der Waals surface area (Å²) in [5.74, 6) is 0.261. The first-order chi connectivity index (χ1) is 7.77. The molecule has 1 aromatic carbocycles. The fourth-order valence-corrected chi connectivity index (χ4v) is 2.30. The van der Waals surface area contributed by atoms with Crippen molar-refractivity contribution in [2.75, 3.05) is 13.1 Å². The van der Waals surface area contributed by atoms with Crippen LogP contribution in [-0.2, 0) is 11.2 Å². The second-order valence-electron chi connectivity index (χ2n) is 4.18. The maximum absolute atomic E-state index is 11.8. The normalized spacial score (nSPS) is 15.4. The number of benzene rings is 1. The molecule has 0 aromatic heterocycles. The van der Waals surface area contributed by atoms with Crippen molar-refractivity contribution in [3.05, 3.63) is 34.9 Å². The van der Waals surface area contributed by atoms with Crippen molar-refractivity contribution in [2.24, 2.45) is 0 Å². The Bertz CT molecular complexity index is 372. The molecule has 0 bridgehead atoms. The van der Waals surface area contributed by atoms with Gasteiger partial charge >= 0.3 is 0 Å². The van der Waals surface area contributed by atoms with Crippen molar-refractivity contribution in [3.8, 4) is 0 Å². The zero-order valence-electron chi connectivity index (χ0n) is 9.29. The molecule has 1 aromatic rings. The standard InChI is InChI=1S/C13H16ClNO/c14-12-6-2-1-5-11(12)7-8-13(16)15-9-3-4-10-15/h1-2,5-6H,3-4,7-10H2. The van der Waals surface area contributed by atoms with Gasteiger partial charge in [0.1, 0.15) is 0 Å². The monoisotopic (exact) mass is 237 g/mol. The molecular weight excluding hydrogens is 222 g/mol. The topological polar surface area (TPSA) is 20.3 Å². The molecule has 1 aliphatic rings. The summed E-state index contributed by atoms with van der Waals surface area (Å²) in [4.78, 5) is 13.8. The van der Waals surface area contributed by atoms with Gasteiger partial charge in [0.05, 0.1) is 0 Å². The second-order valence-corrected chi connectivity index (χ2v) is 4.59. The molecular formula is C13H16ClNO. The Morgan fingerprint density at radius 2 is 1.94 bits per heavy atom. The predicted octanol–water partition coefficient (Wildman–Crippen LogP) is 2.90. The molecule has 2 rings (SSSR count). The average Bonchev–Trinajstić information content (AvgIpc) is 2.81. The van der Waals surface area contributed by atoms with E-state index in [1.807, 2.05) is 29.2 Å². The molecule has 3 heteroatoms. The zero-order valence-corrected chi connectivity index (χ0v) is 10.0. The van der Waals surface area contributed by atoms with E-state index in [1.54, 1.807) is 0 Å². The SMILES string of the molecule is O=C(CCc1ccccc1Cl)N1CCCC1. The van der Waals surface area contributed by atoms with Gasteiger partial charge in [0.25, 0.3) is 0 Å². The number of rotatable bonds is 3. The van der Waals surface area contributed by atoms with Gasteiger partial charge in [-0.05, 0) is 30.9 Å². The van der Waals surface area contributed by atoms with Gasteiger partial charge in [-0.3, -0.25) is 4.79 Å². The summed E-state index contributed by atoms with van der Waals surface area (Å²) in [7, 11) is 0. The Balaban J connectivity index is 1.87. The molecule has 16 heavy (non-hydrogen) atoms. The number of carbonyl (C=O) groups excluding carboxylic acids is 1. The summed E-state index contributed by atoms with van der Waals surface area (Å²) < 4.78 is 0. The number of hydrogen-bond acceptors (Lipinski definition) is 1. The lowest BCUT2D eigenvalue weighted by Gasteiger charge is -2.15. The van der Waals surface area contributed by atoms with Crippen LogP contribution in [0, 0.1) is 0 Å². The van der Waals surface area contributed by atoms with Gasteiger partial charge in [0.15, 0.2) is 0 Å². The fourth-order valence-electron chi connectivity index (χ4n) is 2.07. The van der Waals surface area contributed by atoms with Gasteiger partial charge in [-0.25, -0.2) is 0 Å². The van der Waals surface area contributed by atoms with Crippen LogP contribution in [0.15, 0.2) is 24.3 Å². The third-order valence-corrected chi connectivity index (χ3v) is 3.39. The molecule has 2 nitrogen and oxygen atoms in total. The zero-order chi connectivity index (χ0) is 11.4. The Hall–Kier alpha value is -1.02. The predicted molar refractivity (Wildman–Crippen MR) is 65.6 cm³/mol. The van der Waals surface area contributed by atoms with Crippen molar-refractivity contribution in [1.29, 1.82) is 0 Å². The lowest BCUT2D eigenvalue weighted by atomic mass is 10.1. The van der Waals surface area contributed by atoms with E-state index in [0.717, 1.165) is 42.9 Å². The first kappa shape index (κ1) is 11.5. The van der Waals surface area contributed by atoms with Gasteiger partial charge in [0.2, 0.25) is 5.91 Å². The third-order valence-electron chi connectivity index (χ3n) is 3.02. The Labute approximate surface area is 101 Å². The number of carbonyl (C=O) groups is 1.